The maximum atomic E-state index is 12.5. The summed E-state index contributed by atoms with van der Waals surface area (Å²) in [6, 6.07) is 16.1. The van der Waals surface area contributed by atoms with Crippen LogP contribution in [-0.4, -0.2) is 40.6 Å². The standard InChI is InChI=1S/C21H21N3O2/c1-26-18-6-4-5-16(13-18)9-10-21(25)23-12-11-17(14-23)24-15-22-19-7-2-3-8-20(19)24/h2-10,13,15,17H,11-12,14H2,1H3. The quantitative estimate of drug-likeness (QED) is 0.678. The normalized spacial score (nSPS) is 17.3. The summed E-state index contributed by atoms with van der Waals surface area (Å²) < 4.78 is 7.40. The Bertz CT molecular complexity index is 961. The van der Waals surface area contributed by atoms with Crippen LogP contribution in [0.15, 0.2) is 60.9 Å². The molecular formula is C21H21N3O2. The van der Waals surface area contributed by atoms with Crippen LogP contribution < -0.4 is 4.74 Å². The minimum atomic E-state index is 0.0414. The summed E-state index contributed by atoms with van der Waals surface area (Å²) in [6.07, 6.45) is 6.31. The van der Waals surface area contributed by atoms with Gasteiger partial charge in [0.1, 0.15) is 5.75 Å². The van der Waals surface area contributed by atoms with Gasteiger partial charge < -0.3 is 14.2 Å². The maximum Gasteiger partial charge on any atom is 0.246 e. The van der Waals surface area contributed by atoms with E-state index in [1.54, 1.807) is 13.2 Å². The molecule has 1 saturated heterocycles. The third-order valence-electron chi connectivity index (χ3n) is 4.86. The Balaban J connectivity index is 1.44. The number of carbonyl (C=O) groups excluding carboxylic acids is 1. The van der Waals surface area contributed by atoms with Crippen molar-refractivity contribution in [2.24, 2.45) is 0 Å². The molecule has 1 aliphatic rings. The average Bonchev–Trinajstić information content (AvgIpc) is 3.33. The summed E-state index contributed by atoms with van der Waals surface area (Å²) in [5.74, 6) is 0.826. The van der Waals surface area contributed by atoms with Gasteiger partial charge in [0, 0.05) is 19.2 Å². The fraction of sp³-hybridized carbons (Fsp3) is 0.238. The van der Waals surface area contributed by atoms with E-state index < -0.39 is 0 Å². The number of ether oxygens (including phenoxy) is 1. The van der Waals surface area contributed by atoms with Gasteiger partial charge in [-0.3, -0.25) is 4.79 Å². The van der Waals surface area contributed by atoms with Crippen LogP contribution in [-0.2, 0) is 4.79 Å². The van der Waals surface area contributed by atoms with Crippen LogP contribution in [0, 0.1) is 0 Å². The van der Waals surface area contributed by atoms with E-state index in [0.717, 1.165) is 35.3 Å². The fourth-order valence-electron chi connectivity index (χ4n) is 3.46. The van der Waals surface area contributed by atoms with E-state index in [2.05, 4.69) is 15.6 Å². The Kier molecular flexibility index (Phi) is 4.44. The third-order valence-corrected chi connectivity index (χ3v) is 4.86. The number of methoxy groups -OCH3 is 1. The van der Waals surface area contributed by atoms with E-state index in [9.17, 15) is 4.79 Å². The van der Waals surface area contributed by atoms with Crippen molar-refractivity contribution in [2.75, 3.05) is 20.2 Å². The van der Waals surface area contributed by atoms with Crippen LogP contribution >= 0.6 is 0 Å². The van der Waals surface area contributed by atoms with E-state index in [1.165, 1.54) is 0 Å². The second-order valence-electron chi connectivity index (χ2n) is 6.48. The Morgan fingerprint density at radius 1 is 1.23 bits per heavy atom. The van der Waals surface area contributed by atoms with E-state index in [0.29, 0.717) is 6.54 Å². The van der Waals surface area contributed by atoms with Gasteiger partial charge in [-0.1, -0.05) is 24.3 Å². The lowest BCUT2D eigenvalue weighted by Gasteiger charge is -2.16. The Hall–Kier alpha value is -3.08. The molecule has 1 atom stereocenters. The molecule has 132 valence electrons. The van der Waals surface area contributed by atoms with Crippen LogP contribution in [0.2, 0.25) is 0 Å². The highest BCUT2D eigenvalue weighted by atomic mass is 16.5. The number of carbonyl (C=O) groups is 1. The molecule has 1 aromatic heterocycles. The summed E-state index contributed by atoms with van der Waals surface area (Å²) in [6.45, 7) is 1.47. The number of nitrogens with zero attached hydrogens (tertiary/aromatic N) is 3. The van der Waals surface area contributed by atoms with E-state index >= 15 is 0 Å². The van der Waals surface area contributed by atoms with Gasteiger partial charge in [0.15, 0.2) is 0 Å². The molecule has 0 radical (unpaired) electrons. The third kappa shape index (κ3) is 3.20. The van der Waals surface area contributed by atoms with Gasteiger partial charge in [-0.15, -0.1) is 0 Å². The van der Waals surface area contributed by atoms with Crippen molar-refractivity contribution in [2.45, 2.75) is 12.5 Å². The Labute approximate surface area is 152 Å². The number of fused-ring (bicyclic) bond motifs is 1. The second kappa shape index (κ2) is 7.04. The van der Waals surface area contributed by atoms with E-state index in [4.69, 9.17) is 4.74 Å². The lowest BCUT2D eigenvalue weighted by molar-refractivity contribution is -0.125. The zero-order chi connectivity index (χ0) is 17.9. The number of imidazole rings is 1. The molecule has 0 N–H and O–H groups in total. The van der Waals surface area contributed by atoms with Crippen molar-refractivity contribution >= 4 is 23.0 Å². The van der Waals surface area contributed by atoms with Gasteiger partial charge in [0.05, 0.1) is 30.5 Å². The molecule has 0 saturated carbocycles. The molecule has 1 fully saturated rings. The molecule has 5 heteroatoms. The van der Waals surface area contributed by atoms with Gasteiger partial charge >= 0.3 is 0 Å². The topological polar surface area (TPSA) is 47.4 Å². The predicted molar refractivity (Wildman–Crippen MR) is 102 cm³/mol. The number of aromatic nitrogens is 2. The second-order valence-corrected chi connectivity index (χ2v) is 6.48. The molecule has 0 aliphatic carbocycles. The first-order valence-electron chi connectivity index (χ1n) is 8.77. The fourth-order valence-corrected chi connectivity index (χ4v) is 3.46. The van der Waals surface area contributed by atoms with Crippen LogP contribution in [0.5, 0.6) is 5.75 Å². The van der Waals surface area contributed by atoms with Crippen molar-refractivity contribution in [1.29, 1.82) is 0 Å². The van der Waals surface area contributed by atoms with Gasteiger partial charge in [-0.25, -0.2) is 4.98 Å². The summed E-state index contributed by atoms with van der Waals surface area (Å²) in [4.78, 5) is 18.9. The summed E-state index contributed by atoms with van der Waals surface area (Å²) >= 11 is 0. The van der Waals surface area contributed by atoms with Crippen LogP contribution in [0.25, 0.3) is 17.1 Å². The Morgan fingerprint density at radius 2 is 2.12 bits per heavy atom. The number of benzene rings is 2. The highest BCUT2D eigenvalue weighted by Gasteiger charge is 2.27. The van der Waals surface area contributed by atoms with Crippen LogP contribution in [0.3, 0.4) is 0 Å². The lowest BCUT2D eigenvalue weighted by Crippen LogP contribution is -2.27. The van der Waals surface area contributed by atoms with Gasteiger partial charge in [0.25, 0.3) is 0 Å². The minimum Gasteiger partial charge on any atom is -0.497 e. The first-order valence-corrected chi connectivity index (χ1v) is 8.77. The van der Waals surface area contributed by atoms with E-state index in [-0.39, 0.29) is 11.9 Å². The van der Waals surface area contributed by atoms with Gasteiger partial charge in [-0.05, 0) is 42.3 Å². The predicted octanol–water partition coefficient (Wildman–Crippen LogP) is 3.53. The molecule has 1 aliphatic heterocycles. The highest BCUT2D eigenvalue weighted by molar-refractivity contribution is 5.92. The zero-order valence-electron chi connectivity index (χ0n) is 14.7. The molecule has 3 aromatic rings. The van der Waals surface area contributed by atoms with Gasteiger partial charge in [-0.2, -0.15) is 0 Å². The number of amides is 1. The smallest absolute Gasteiger partial charge is 0.246 e. The van der Waals surface area contributed by atoms with Crippen LogP contribution in [0.1, 0.15) is 18.0 Å². The molecule has 0 spiro atoms. The monoisotopic (exact) mass is 347 g/mol. The van der Waals surface area contributed by atoms with Crippen molar-refractivity contribution in [3.05, 3.63) is 66.5 Å². The van der Waals surface area contributed by atoms with Crippen LogP contribution in [0.4, 0.5) is 0 Å². The molecule has 5 nitrogen and oxygen atoms in total. The lowest BCUT2D eigenvalue weighted by atomic mass is 10.2. The summed E-state index contributed by atoms with van der Waals surface area (Å²) in [5, 5.41) is 0. The minimum absolute atomic E-state index is 0.0414. The van der Waals surface area contributed by atoms with Crippen molar-refractivity contribution < 1.29 is 9.53 Å². The maximum absolute atomic E-state index is 12.5. The number of likely N-dealkylation sites (tertiary alicyclic amines) is 1. The largest absolute Gasteiger partial charge is 0.497 e. The number of para-hydroxylation sites is 2. The molecule has 26 heavy (non-hydrogen) atoms. The SMILES string of the molecule is COc1cccc(C=CC(=O)N2CCC(n3cnc4ccccc43)C2)c1. The first kappa shape index (κ1) is 16.4. The molecule has 0 bridgehead atoms. The highest BCUT2D eigenvalue weighted by Crippen LogP contribution is 2.26. The zero-order valence-corrected chi connectivity index (χ0v) is 14.7. The molecule has 2 heterocycles. The number of hydrogen-bond acceptors (Lipinski definition) is 3. The molecule has 2 aromatic carbocycles. The number of hydrogen-bond donors (Lipinski definition) is 0. The van der Waals surface area contributed by atoms with Crippen molar-refractivity contribution in [3.63, 3.8) is 0 Å². The average molecular weight is 347 g/mol. The van der Waals surface area contributed by atoms with Crippen molar-refractivity contribution in [3.8, 4) is 5.75 Å². The summed E-state index contributed by atoms with van der Waals surface area (Å²) in [5.41, 5.74) is 3.07. The van der Waals surface area contributed by atoms with Crippen molar-refractivity contribution in [1.82, 2.24) is 14.5 Å². The molecule has 4 rings (SSSR count). The first-order chi connectivity index (χ1) is 12.7. The Morgan fingerprint density at radius 3 is 3.00 bits per heavy atom. The number of rotatable bonds is 4. The molecular weight excluding hydrogens is 326 g/mol. The van der Waals surface area contributed by atoms with Gasteiger partial charge in [0.2, 0.25) is 5.91 Å². The summed E-state index contributed by atoms with van der Waals surface area (Å²) in [7, 11) is 1.64. The molecule has 1 unspecified atom stereocenters. The molecule has 1 amide bonds. The van der Waals surface area contributed by atoms with E-state index in [1.807, 2.05) is 59.8 Å².